The van der Waals surface area contributed by atoms with Gasteiger partial charge in [0, 0.05) is 11.4 Å². The highest BCUT2D eigenvalue weighted by molar-refractivity contribution is 7.92. The van der Waals surface area contributed by atoms with Gasteiger partial charge in [-0.15, -0.1) is 0 Å². The Labute approximate surface area is 127 Å². The minimum atomic E-state index is -3.32. The fraction of sp³-hybridized carbons (Fsp3) is 0.154. The molecule has 1 aromatic carbocycles. The average molecular weight is 329 g/mol. The Kier molecular flexibility index (Phi) is 4.54. The predicted molar refractivity (Wildman–Crippen MR) is 81.2 cm³/mol. The molecule has 0 bridgehead atoms. The van der Waals surface area contributed by atoms with E-state index in [1.54, 1.807) is 31.2 Å². The summed E-state index contributed by atoms with van der Waals surface area (Å²) in [5.74, 6) is -0.416. The van der Waals surface area contributed by atoms with Crippen LogP contribution in [0.25, 0.3) is 0 Å². The van der Waals surface area contributed by atoms with Crippen molar-refractivity contribution in [1.82, 2.24) is 0 Å². The van der Waals surface area contributed by atoms with Gasteiger partial charge < -0.3 is 9.73 Å². The van der Waals surface area contributed by atoms with Crippen LogP contribution >= 0.6 is 11.6 Å². The van der Waals surface area contributed by atoms with Crippen molar-refractivity contribution in [2.24, 2.45) is 0 Å². The molecule has 1 aromatic heterocycles. The highest BCUT2D eigenvalue weighted by atomic mass is 35.5. The van der Waals surface area contributed by atoms with Gasteiger partial charge >= 0.3 is 0 Å². The van der Waals surface area contributed by atoms with Crippen LogP contribution < -0.4 is 10.0 Å². The third-order valence-corrected chi connectivity index (χ3v) is 4.26. The highest BCUT2D eigenvalue weighted by Crippen LogP contribution is 2.20. The van der Waals surface area contributed by atoms with E-state index in [0.717, 1.165) is 0 Å². The summed E-state index contributed by atoms with van der Waals surface area (Å²) >= 11 is 5.71. The van der Waals surface area contributed by atoms with Crippen molar-refractivity contribution >= 4 is 38.9 Å². The number of carbonyl (C=O) groups is 1. The molecule has 21 heavy (non-hydrogen) atoms. The van der Waals surface area contributed by atoms with Gasteiger partial charge in [0.1, 0.15) is 0 Å². The Balaban J connectivity index is 2.06. The summed E-state index contributed by atoms with van der Waals surface area (Å²) in [6, 6.07) is 7.74. The summed E-state index contributed by atoms with van der Waals surface area (Å²) in [6.45, 7) is 1.55. The summed E-state index contributed by atoms with van der Waals surface area (Å²) in [5.41, 5.74) is 1.17. The third-order valence-electron chi connectivity index (χ3n) is 2.66. The van der Waals surface area contributed by atoms with Gasteiger partial charge in [-0.3, -0.25) is 9.52 Å². The second-order valence-corrected chi connectivity index (χ2v) is 6.50. The average Bonchev–Trinajstić information content (AvgIpc) is 2.87. The molecule has 2 rings (SSSR count). The number of hydrogen-bond donors (Lipinski definition) is 2. The number of halogens is 1. The zero-order chi connectivity index (χ0) is 15.5. The summed E-state index contributed by atoms with van der Waals surface area (Å²) < 4.78 is 30.1. The van der Waals surface area contributed by atoms with Crippen molar-refractivity contribution in [2.45, 2.75) is 6.92 Å². The summed E-state index contributed by atoms with van der Waals surface area (Å²) in [5, 5.41) is 2.64. The minimum absolute atomic E-state index is 0.00945. The van der Waals surface area contributed by atoms with Crippen LogP contribution in [0, 0.1) is 0 Å². The zero-order valence-corrected chi connectivity index (χ0v) is 12.7. The number of anilines is 2. The van der Waals surface area contributed by atoms with Crippen LogP contribution in [-0.4, -0.2) is 20.1 Å². The molecular formula is C13H13ClN2O4S. The van der Waals surface area contributed by atoms with Gasteiger partial charge in [-0.25, -0.2) is 8.42 Å². The highest BCUT2D eigenvalue weighted by Gasteiger charge is 2.13. The van der Waals surface area contributed by atoms with E-state index in [1.165, 1.54) is 12.3 Å². The maximum Gasteiger partial charge on any atom is 0.260 e. The molecule has 0 saturated carbocycles. The maximum atomic E-state index is 11.9. The Morgan fingerprint density at radius 2 is 1.81 bits per heavy atom. The molecule has 0 saturated heterocycles. The molecule has 1 amide bonds. The van der Waals surface area contributed by atoms with Crippen LogP contribution in [0.1, 0.15) is 17.3 Å². The second-order valence-electron chi connectivity index (χ2n) is 4.14. The van der Waals surface area contributed by atoms with Crippen molar-refractivity contribution in [3.63, 3.8) is 0 Å². The number of hydrogen-bond acceptors (Lipinski definition) is 4. The standard InChI is InChI=1S/C13H13ClN2O4S/c1-2-21(18,19)16-10-5-3-9(4-6-10)15-13(17)11-7-8-20-12(11)14/h3-8,16H,2H2,1H3,(H,15,17). The van der Waals surface area contributed by atoms with Crippen LogP contribution in [0.3, 0.4) is 0 Å². The first-order valence-electron chi connectivity index (χ1n) is 6.06. The van der Waals surface area contributed by atoms with E-state index in [2.05, 4.69) is 10.0 Å². The lowest BCUT2D eigenvalue weighted by Gasteiger charge is -2.08. The van der Waals surface area contributed by atoms with E-state index in [4.69, 9.17) is 16.0 Å². The van der Waals surface area contributed by atoms with Gasteiger partial charge in [-0.05, 0) is 48.9 Å². The van der Waals surface area contributed by atoms with Gasteiger partial charge in [0.2, 0.25) is 15.2 Å². The number of rotatable bonds is 5. The van der Waals surface area contributed by atoms with E-state index in [9.17, 15) is 13.2 Å². The fourth-order valence-corrected chi connectivity index (χ4v) is 2.37. The second kappa shape index (κ2) is 6.19. The molecule has 6 nitrogen and oxygen atoms in total. The third kappa shape index (κ3) is 3.99. The first kappa shape index (κ1) is 15.4. The molecule has 8 heteroatoms. The Morgan fingerprint density at radius 1 is 1.19 bits per heavy atom. The predicted octanol–water partition coefficient (Wildman–Crippen LogP) is 2.95. The molecule has 0 aliphatic heterocycles. The zero-order valence-electron chi connectivity index (χ0n) is 11.1. The summed E-state index contributed by atoms with van der Waals surface area (Å²) in [7, 11) is -3.32. The van der Waals surface area contributed by atoms with Crippen molar-refractivity contribution < 1.29 is 17.6 Å². The van der Waals surface area contributed by atoms with Gasteiger partial charge in [-0.2, -0.15) is 0 Å². The van der Waals surface area contributed by atoms with E-state index in [0.29, 0.717) is 11.4 Å². The van der Waals surface area contributed by atoms with Crippen LogP contribution in [0.5, 0.6) is 0 Å². The molecule has 0 fully saturated rings. The molecule has 0 spiro atoms. The molecule has 0 radical (unpaired) electrons. The molecule has 0 aliphatic rings. The molecule has 2 N–H and O–H groups in total. The maximum absolute atomic E-state index is 11.9. The number of amides is 1. The lowest BCUT2D eigenvalue weighted by atomic mass is 10.2. The van der Waals surface area contributed by atoms with Crippen LogP contribution in [0.4, 0.5) is 11.4 Å². The quantitative estimate of drug-likeness (QED) is 0.883. The first-order valence-corrected chi connectivity index (χ1v) is 8.09. The number of furan rings is 1. The van der Waals surface area contributed by atoms with Crippen molar-refractivity contribution in [2.75, 3.05) is 15.8 Å². The minimum Gasteiger partial charge on any atom is -0.452 e. The summed E-state index contributed by atoms with van der Waals surface area (Å²) in [4.78, 5) is 11.9. The van der Waals surface area contributed by atoms with Crippen molar-refractivity contribution in [3.05, 3.63) is 47.4 Å². The Hall–Kier alpha value is -1.99. The fourth-order valence-electron chi connectivity index (χ4n) is 1.53. The molecule has 2 aromatic rings. The van der Waals surface area contributed by atoms with Crippen LogP contribution in [0.2, 0.25) is 5.22 Å². The first-order chi connectivity index (χ1) is 9.91. The lowest BCUT2D eigenvalue weighted by Crippen LogP contribution is -2.15. The van der Waals surface area contributed by atoms with E-state index >= 15 is 0 Å². The van der Waals surface area contributed by atoms with E-state index in [1.807, 2.05) is 0 Å². The Bertz CT molecular complexity index is 738. The number of sulfonamides is 1. The lowest BCUT2D eigenvalue weighted by molar-refractivity contribution is 0.102. The topological polar surface area (TPSA) is 88.4 Å². The van der Waals surface area contributed by atoms with Gasteiger partial charge in [-0.1, -0.05) is 0 Å². The number of carbonyl (C=O) groups excluding carboxylic acids is 1. The molecule has 0 atom stereocenters. The number of benzene rings is 1. The monoisotopic (exact) mass is 328 g/mol. The van der Waals surface area contributed by atoms with E-state index in [-0.39, 0.29) is 16.5 Å². The molecule has 0 aliphatic carbocycles. The van der Waals surface area contributed by atoms with Gasteiger partial charge in [0.25, 0.3) is 5.91 Å². The SMILES string of the molecule is CCS(=O)(=O)Nc1ccc(NC(=O)c2ccoc2Cl)cc1. The van der Waals surface area contributed by atoms with E-state index < -0.39 is 15.9 Å². The van der Waals surface area contributed by atoms with Gasteiger partial charge in [0.15, 0.2) is 0 Å². The van der Waals surface area contributed by atoms with Gasteiger partial charge in [0.05, 0.1) is 17.6 Å². The smallest absolute Gasteiger partial charge is 0.260 e. The largest absolute Gasteiger partial charge is 0.452 e. The molecule has 1 heterocycles. The normalized spacial score (nSPS) is 11.1. The molecular weight excluding hydrogens is 316 g/mol. The van der Waals surface area contributed by atoms with Crippen molar-refractivity contribution in [3.8, 4) is 0 Å². The number of nitrogens with one attached hydrogen (secondary N) is 2. The molecule has 112 valence electrons. The van der Waals surface area contributed by atoms with Crippen LogP contribution in [-0.2, 0) is 10.0 Å². The Morgan fingerprint density at radius 3 is 2.33 bits per heavy atom. The summed E-state index contributed by atoms with van der Waals surface area (Å²) in [6.07, 6.45) is 1.32. The van der Waals surface area contributed by atoms with Crippen LogP contribution in [0.15, 0.2) is 41.0 Å². The molecule has 0 unspecified atom stereocenters. The van der Waals surface area contributed by atoms with Crippen molar-refractivity contribution in [1.29, 1.82) is 0 Å².